The summed E-state index contributed by atoms with van der Waals surface area (Å²) in [7, 11) is 2.02. The van der Waals surface area contributed by atoms with E-state index in [0.717, 1.165) is 44.2 Å². The average Bonchev–Trinajstić information content (AvgIpc) is 3.27. The minimum Gasteiger partial charge on any atom is -0.349 e. The van der Waals surface area contributed by atoms with Crippen LogP contribution in [0.5, 0.6) is 0 Å². The Kier molecular flexibility index (Phi) is 6.08. The number of likely N-dealkylation sites (N-methyl/N-ethyl adjacent to an activating group) is 1. The molecule has 144 valence electrons. The topological polar surface area (TPSA) is 64.2 Å². The highest BCUT2D eigenvalue weighted by atomic mass is 32.1. The molecule has 3 heterocycles. The van der Waals surface area contributed by atoms with Crippen molar-refractivity contribution in [2.45, 2.75) is 40.3 Å². The molecule has 0 fully saturated rings. The van der Waals surface area contributed by atoms with Gasteiger partial charge in [0.2, 0.25) is 0 Å². The maximum atomic E-state index is 11.9. The molecule has 0 bridgehead atoms. The van der Waals surface area contributed by atoms with Gasteiger partial charge < -0.3 is 10.2 Å². The first kappa shape index (κ1) is 19.7. The molecule has 0 aromatic carbocycles. The van der Waals surface area contributed by atoms with Crippen LogP contribution in [0.2, 0.25) is 0 Å². The number of carbonyl (C=O) groups excluding carboxylic acids is 1. The van der Waals surface area contributed by atoms with Gasteiger partial charge in [0.05, 0.1) is 12.7 Å². The van der Waals surface area contributed by atoms with E-state index in [1.54, 1.807) is 22.7 Å². The SMILES string of the molecule is Cc1cc(-c2csc(C[NH+](C)CC(=O)NC(C)C)n2)c(C)n1-c1nccs1. The number of nitrogens with one attached hydrogen (secondary N) is 2. The zero-order valence-electron chi connectivity index (χ0n) is 16.4. The number of quaternary nitrogens is 1. The molecule has 6 nitrogen and oxygen atoms in total. The van der Waals surface area contributed by atoms with Crippen molar-refractivity contribution in [3.8, 4) is 16.4 Å². The molecule has 1 atom stereocenters. The van der Waals surface area contributed by atoms with Crippen LogP contribution in [0.25, 0.3) is 16.4 Å². The van der Waals surface area contributed by atoms with Crippen LogP contribution in [-0.2, 0) is 11.3 Å². The van der Waals surface area contributed by atoms with Gasteiger partial charge in [0.25, 0.3) is 5.91 Å². The first-order valence-electron chi connectivity index (χ1n) is 8.99. The van der Waals surface area contributed by atoms with Gasteiger partial charge in [-0.25, -0.2) is 9.97 Å². The Bertz CT molecular complexity index is 911. The first-order valence-corrected chi connectivity index (χ1v) is 10.7. The number of hydrogen-bond acceptors (Lipinski definition) is 5. The van der Waals surface area contributed by atoms with E-state index in [0.29, 0.717) is 6.54 Å². The van der Waals surface area contributed by atoms with Crippen molar-refractivity contribution in [2.24, 2.45) is 0 Å². The predicted octanol–water partition coefficient (Wildman–Crippen LogP) is 2.21. The van der Waals surface area contributed by atoms with E-state index in [9.17, 15) is 4.79 Å². The second-order valence-corrected chi connectivity index (χ2v) is 8.91. The molecular weight excluding hydrogens is 378 g/mol. The molecule has 0 aliphatic rings. The molecule has 2 N–H and O–H groups in total. The zero-order chi connectivity index (χ0) is 19.6. The maximum absolute atomic E-state index is 11.9. The van der Waals surface area contributed by atoms with Crippen LogP contribution >= 0.6 is 22.7 Å². The van der Waals surface area contributed by atoms with E-state index in [2.05, 4.69) is 40.2 Å². The van der Waals surface area contributed by atoms with Crippen molar-refractivity contribution in [3.05, 3.63) is 39.4 Å². The van der Waals surface area contributed by atoms with Gasteiger partial charge in [-0.15, -0.1) is 22.7 Å². The van der Waals surface area contributed by atoms with Gasteiger partial charge in [0, 0.05) is 40.0 Å². The monoisotopic (exact) mass is 404 g/mol. The first-order chi connectivity index (χ1) is 12.8. The maximum Gasteiger partial charge on any atom is 0.275 e. The molecule has 3 aromatic rings. The number of hydrogen-bond donors (Lipinski definition) is 2. The van der Waals surface area contributed by atoms with E-state index in [1.807, 2.05) is 32.5 Å². The second kappa shape index (κ2) is 8.33. The van der Waals surface area contributed by atoms with Crippen LogP contribution in [0.4, 0.5) is 0 Å². The predicted molar refractivity (Wildman–Crippen MR) is 111 cm³/mol. The molecular formula is C19H26N5OS2+. The van der Waals surface area contributed by atoms with Crippen LogP contribution in [0.15, 0.2) is 23.0 Å². The largest absolute Gasteiger partial charge is 0.349 e. The fraction of sp³-hybridized carbons (Fsp3) is 0.421. The number of thiazole rings is 2. The standard InChI is InChI=1S/C19H25N5OS2/c1-12(2)21-17(25)9-23(5)10-18-22-16(11-27-18)15-8-13(3)24(14(15)4)19-20-6-7-26-19/h6-8,11-12H,9-10H2,1-5H3,(H,21,25)/p+1. The fourth-order valence-corrected chi connectivity index (χ4v) is 4.79. The molecule has 3 rings (SSSR count). The van der Waals surface area contributed by atoms with Gasteiger partial charge in [-0.05, 0) is 33.8 Å². The third-order valence-corrected chi connectivity index (χ3v) is 5.84. The molecule has 0 radical (unpaired) electrons. The van der Waals surface area contributed by atoms with Crippen LogP contribution in [0, 0.1) is 13.8 Å². The molecule has 0 spiro atoms. The molecule has 27 heavy (non-hydrogen) atoms. The lowest BCUT2D eigenvalue weighted by Crippen LogP contribution is -3.09. The number of nitrogens with zero attached hydrogens (tertiary/aromatic N) is 3. The van der Waals surface area contributed by atoms with Gasteiger partial charge in [0.1, 0.15) is 11.6 Å². The van der Waals surface area contributed by atoms with Crippen LogP contribution in [-0.4, -0.2) is 40.1 Å². The van der Waals surface area contributed by atoms with Crippen LogP contribution in [0.3, 0.4) is 0 Å². The molecule has 1 unspecified atom stereocenters. The molecule has 0 aliphatic heterocycles. The summed E-state index contributed by atoms with van der Waals surface area (Å²) in [4.78, 5) is 22.3. The summed E-state index contributed by atoms with van der Waals surface area (Å²) < 4.78 is 2.17. The minimum absolute atomic E-state index is 0.0753. The van der Waals surface area contributed by atoms with Crippen molar-refractivity contribution >= 4 is 28.6 Å². The van der Waals surface area contributed by atoms with Crippen molar-refractivity contribution < 1.29 is 9.69 Å². The highest BCUT2D eigenvalue weighted by Gasteiger charge is 2.18. The highest BCUT2D eigenvalue weighted by molar-refractivity contribution is 7.12. The zero-order valence-corrected chi connectivity index (χ0v) is 18.0. The summed E-state index contributed by atoms with van der Waals surface area (Å²) in [5, 5.41) is 9.05. The third kappa shape index (κ3) is 4.63. The normalized spacial score (nSPS) is 12.5. The Morgan fingerprint density at radius 1 is 1.33 bits per heavy atom. The Balaban J connectivity index is 1.73. The van der Waals surface area contributed by atoms with Crippen molar-refractivity contribution in [1.29, 1.82) is 0 Å². The summed E-state index contributed by atoms with van der Waals surface area (Å²) >= 11 is 3.28. The van der Waals surface area contributed by atoms with E-state index in [1.165, 1.54) is 0 Å². The summed E-state index contributed by atoms with van der Waals surface area (Å²) in [5.41, 5.74) is 4.43. The lowest BCUT2D eigenvalue weighted by molar-refractivity contribution is -0.885. The Hall–Kier alpha value is -2.03. The van der Waals surface area contributed by atoms with E-state index in [-0.39, 0.29) is 11.9 Å². The van der Waals surface area contributed by atoms with Crippen molar-refractivity contribution in [1.82, 2.24) is 19.9 Å². The molecule has 8 heteroatoms. The summed E-state index contributed by atoms with van der Waals surface area (Å²) in [6, 6.07) is 2.34. The molecule has 3 aromatic heterocycles. The minimum atomic E-state index is 0.0753. The number of aromatic nitrogens is 3. The number of aryl methyl sites for hydroxylation is 1. The van der Waals surface area contributed by atoms with Gasteiger partial charge in [-0.1, -0.05) is 0 Å². The Morgan fingerprint density at radius 2 is 2.11 bits per heavy atom. The van der Waals surface area contributed by atoms with Gasteiger partial charge >= 0.3 is 0 Å². The van der Waals surface area contributed by atoms with Crippen LogP contribution in [0.1, 0.15) is 30.2 Å². The third-order valence-electron chi connectivity index (χ3n) is 4.23. The second-order valence-electron chi connectivity index (χ2n) is 7.09. The molecule has 1 amide bonds. The number of carbonyl (C=O) groups is 1. The highest BCUT2D eigenvalue weighted by Crippen LogP contribution is 2.30. The lowest BCUT2D eigenvalue weighted by atomic mass is 10.2. The molecule has 0 aliphatic carbocycles. The average molecular weight is 405 g/mol. The lowest BCUT2D eigenvalue weighted by Gasteiger charge is -2.13. The fourth-order valence-electron chi connectivity index (χ4n) is 3.13. The van der Waals surface area contributed by atoms with E-state index >= 15 is 0 Å². The van der Waals surface area contributed by atoms with Gasteiger partial charge in [-0.2, -0.15) is 0 Å². The molecule has 0 saturated carbocycles. The van der Waals surface area contributed by atoms with Crippen LogP contribution < -0.4 is 10.2 Å². The summed E-state index contributed by atoms with van der Waals surface area (Å²) in [5.74, 6) is 0.0753. The molecule has 0 saturated heterocycles. The van der Waals surface area contributed by atoms with Crippen molar-refractivity contribution in [3.63, 3.8) is 0 Å². The smallest absolute Gasteiger partial charge is 0.275 e. The Labute approximate surface area is 167 Å². The van der Waals surface area contributed by atoms with Crippen molar-refractivity contribution in [2.75, 3.05) is 13.6 Å². The number of amides is 1. The van der Waals surface area contributed by atoms with Gasteiger partial charge in [-0.3, -0.25) is 9.36 Å². The van der Waals surface area contributed by atoms with E-state index < -0.39 is 0 Å². The Morgan fingerprint density at radius 3 is 2.78 bits per heavy atom. The number of rotatable bonds is 7. The quantitative estimate of drug-likeness (QED) is 0.635. The van der Waals surface area contributed by atoms with E-state index in [4.69, 9.17) is 4.98 Å². The summed E-state index contributed by atoms with van der Waals surface area (Å²) in [6.07, 6.45) is 1.83. The summed E-state index contributed by atoms with van der Waals surface area (Å²) in [6.45, 7) is 9.34. The van der Waals surface area contributed by atoms with Gasteiger partial charge in [0.15, 0.2) is 11.7 Å².